The third-order valence-corrected chi connectivity index (χ3v) is 6.38. The van der Waals surface area contributed by atoms with Crippen molar-refractivity contribution in [3.05, 3.63) is 45.9 Å². The summed E-state index contributed by atoms with van der Waals surface area (Å²) in [5, 5.41) is 4.41. The van der Waals surface area contributed by atoms with Crippen LogP contribution in [-0.4, -0.2) is 38.0 Å². The Labute approximate surface area is 163 Å². The Morgan fingerprint density at radius 1 is 1.04 bits per heavy atom. The van der Waals surface area contributed by atoms with Crippen molar-refractivity contribution in [1.82, 2.24) is 14.5 Å². The van der Waals surface area contributed by atoms with Crippen LogP contribution >= 0.6 is 0 Å². The van der Waals surface area contributed by atoms with Crippen LogP contribution < -0.4 is 19.8 Å². The molecule has 9 heteroatoms. The molecule has 1 aromatic heterocycles. The minimum atomic E-state index is -3.73. The predicted molar refractivity (Wildman–Crippen MR) is 102 cm³/mol. The van der Waals surface area contributed by atoms with Crippen LogP contribution in [0.15, 0.2) is 34.0 Å². The number of benzene rings is 1. The van der Waals surface area contributed by atoms with E-state index < -0.39 is 10.0 Å². The first kappa shape index (κ1) is 18.9. The van der Waals surface area contributed by atoms with E-state index in [1.54, 1.807) is 12.1 Å². The lowest BCUT2D eigenvalue weighted by Gasteiger charge is -2.16. The molecule has 150 valence electrons. The molecule has 4 rings (SSSR count). The van der Waals surface area contributed by atoms with Crippen LogP contribution in [0, 0.1) is 0 Å². The second kappa shape index (κ2) is 7.92. The highest BCUT2D eigenvalue weighted by molar-refractivity contribution is 7.89. The number of nitrogens with zero attached hydrogens (tertiary/aromatic N) is 2. The van der Waals surface area contributed by atoms with E-state index in [1.165, 1.54) is 16.8 Å². The smallest absolute Gasteiger partial charge is 0.267 e. The molecule has 2 heterocycles. The van der Waals surface area contributed by atoms with Crippen molar-refractivity contribution in [2.75, 3.05) is 19.8 Å². The van der Waals surface area contributed by atoms with Gasteiger partial charge in [-0.1, -0.05) is 0 Å². The van der Waals surface area contributed by atoms with Gasteiger partial charge in [0.2, 0.25) is 10.0 Å². The molecule has 0 atom stereocenters. The highest BCUT2D eigenvalue weighted by atomic mass is 32.2. The Hall–Kier alpha value is -2.39. The van der Waals surface area contributed by atoms with E-state index in [-0.39, 0.29) is 23.5 Å². The number of ether oxygens (including phenoxy) is 2. The minimum absolute atomic E-state index is 0.0719. The van der Waals surface area contributed by atoms with Crippen molar-refractivity contribution in [3.8, 4) is 11.5 Å². The zero-order chi connectivity index (χ0) is 19.6. The second-order valence-corrected chi connectivity index (χ2v) is 8.71. The van der Waals surface area contributed by atoms with E-state index in [4.69, 9.17) is 9.47 Å². The number of rotatable bonds is 5. The molecular formula is C19H23N3O5S. The highest BCUT2D eigenvalue weighted by Gasteiger charge is 2.19. The topological polar surface area (TPSA) is 99.5 Å². The van der Waals surface area contributed by atoms with Crippen LogP contribution in [0.2, 0.25) is 0 Å². The van der Waals surface area contributed by atoms with Gasteiger partial charge in [0.15, 0.2) is 11.5 Å². The molecule has 1 aliphatic heterocycles. The van der Waals surface area contributed by atoms with Gasteiger partial charge in [0, 0.05) is 25.1 Å². The van der Waals surface area contributed by atoms with Crippen LogP contribution in [0.4, 0.5) is 0 Å². The molecular weight excluding hydrogens is 382 g/mol. The van der Waals surface area contributed by atoms with Crippen LogP contribution in [0.3, 0.4) is 0 Å². The van der Waals surface area contributed by atoms with Crippen molar-refractivity contribution in [2.24, 2.45) is 0 Å². The molecule has 28 heavy (non-hydrogen) atoms. The van der Waals surface area contributed by atoms with Gasteiger partial charge in [-0.2, -0.15) is 5.10 Å². The van der Waals surface area contributed by atoms with Crippen LogP contribution in [0.25, 0.3) is 0 Å². The predicted octanol–water partition coefficient (Wildman–Crippen LogP) is 1.26. The lowest BCUT2D eigenvalue weighted by molar-refractivity contribution is 0.297. The molecule has 0 saturated heterocycles. The van der Waals surface area contributed by atoms with Gasteiger partial charge in [0.05, 0.1) is 30.3 Å². The number of nitrogens with one attached hydrogen (secondary N) is 1. The maximum atomic E-state index is 12.6. The van der Waals surface area contributed by atoms with Crippen molar-refractivity contribution < 1.29 is 17.9 Å². The van der Waals surface area contributed by atoms with Crippen molar-refractivity contribution in [2.45, 2.75) is 43.5 Å². The highest BCUT2D eigenvalue weighted by Crippen LogP contribution is 2.31. The quantitative estimate of drug-likeness (QED) is 0.804. The number of aryl methyl sites for hydroxylation is 2. The third kappa shape index (κ3) is 4.05. The Morgan fingerprint density at radius 2 is 1.82 bits per heavy atom. The summed E-state index contributed by atoms with van der Waals surface area (Å²) in [4.78, 5) is 12.3. The molecule has 1 aliphatic carbocycles. The van der Waals surface area contributed by atoms with Gasteiger partial charge in [0.25, 0.3) is 5.56 Å². The van der Waals surface area contributed by atoms with E-state index >= 15 is 0 Å². The average Bonchev–Trinajstić information content (AvgIpc) is 2.93. The molecule has 0 spiro atoms. The molecule has 8 nitrogen and oxygen atoms in total. The normalized spacial score (nSPS) is 16.3. The monoisotopic (exact) mass is 405 g/mol. The molecule has 0 unspecified atom stereocenters. The molecule has 2 aliphatic rings. The number of aromatic nitrogens is 2. The summed E-state index contributed by atoms with van der Waals surface area (Å²) >= 11 is 0. The third-order valence-electron chi connectivity index (χ3n) is 4.92. The molecule has 0 radical (unpaired) electrons. The van der Waals surface area contributed by atoms with Crippen molar-refractivity contribution in [3.63, 3.8) is 0 Å². The second-order valence-electron chi connectivity index (χ2n) is 6.94. The first-order valence-corrected chi connectivity index (χ1v) is 11.0. The van der Waals surface area contributed by atoms with Gasteiger partial charge >= 0.3 is 0 Å². The number of hydrogen-bond acceptors (Lipinski definition) is 6. The minimum Gasteiger partial charge on any atom is -0.490 e. The zero-order valence-electron chi connectivity index (χ0n) is 15.5. The van der Waals surface area contributed by atoms with Crippen molar-refractivity contribution >= 4 is 10.0 Å². The van der Waals surface area contributed by atoms with E-state index in [0.717, 1.165) is 43.4 Å². The van der Waals surface area contributed by atoms with E-state index in [1.807, 2.05) is 0 Å². The standard InChI is InChI=1S/C19H23N3O5S/c23-19-12-14-4-1-2-5-16(14)21-22(19)9-8-20-28(24,25)15-6-7-17-18(13-15)27-11-3-10-26-17/h6-7,12-13,20H,1-5,8-11H2. The van der Waals surface area contributed by atoms with Gasteiger partial charge in [-0.25, -0.2) is 17.8 Å². The van der Waals surface area contributed by atoms with Gasteiger partial charge in [-0.15, -0.1) is 0 Å². The Morgan fingerprint density at radius 3 is 2.68 bits per heavy atom. The average molecular weight is 405 g/mol. The van der Waals surface area contributed by atoms with Gasteiger partial charge in [-0.05, 0) is 43.4 Å². The number of hydrogen-bond donors (Lipinski definition) is 1. The fourth-order valence-corrected chi connectivity index (χ4v) is 4.48. The molecule has 0 amide bonds. The van der Waals surface area contributed by atoms with Crippen LogP contribution in [-0.2, 0) is 29.4 Å². The summed E-state index contributed by atoms with van der Waals surface area (Å²) in [6, 6.07) is 6.18. The summed E-state index contributed by atoms with van der Waals surface area (Å²) in [6.07, 6.45) is 4.63. The largest absolute Gasteiger partial charge is 0.490 e. The van der Waals surface area contributed by atoms with E-state index in [0.29, 0.717) is 24.7 Å². The summed E-state index contributed by atoms with van der Waals surface area (Å²) in [5.41, 5.74) is 1.76. The van der Waals surface area contributed by atoms with E-state index in [2.05, 4.69) is 9.82 Å². The summed E-state index contributed by atoms with van der Waals surface area (Å²) < 4.78 is 40.1. The molecule has 1 N–H and O–H groups in total. The molecule has 2 aromatic rings. The molecule has 0 saturated carbocycles. The van der Waals surface area contributed by atoms with E-state index in [9.17, 15) is 13.2 Å². The fourth-order valence-electron chi connectivity index (χ4n) is 3.44. The Balaban J connectivity index is 1.45. The molecule has 0 fully saturated rings. The number of fused-ring (bicyclic) bond motifs is 2. The molecule has 1 aromatic carbocycles. The van der Waals surface area contributed by atoms with Gasteiger partial charge < -0.3 is 9.47 Å². The summed E-state index contributed by atoms with van der Waals surface area (Å²) in [7, 11) is -3.73. The first-order chi connectivity index (χ1) is 13.5. The molecule has 0 bridgehead atoms. The van der Waals surface area contributed by atoms with Crippen LogP contribution in [0.5, 0.6) is 11.5 Å². The summed E-state index contributed by atoms with van der Waals surface area (Å²) in [6.45, 7) is 1.27. The van der Waals surface area contributed by atoms with Gasteiger partial charge in [0.1, 0.15) is 0 Å². The van der Waals surface area contributed by atoms with Crippen molar-refractivity contribution in [1.29, 1.82) is 0 Å². The summed E-state index contributed by atoms with van der Waals surface area (Å²) in [5.74, 6) is 0.967. The lowest BCUT2D eigenvalue weighted by atomic mass is 9.97. The van der Waals surface area contributed by atoms with Crippen LogP contribution in [0.1, 0.15) is 30.5 Å². The van der Waals surface area contributed by atoms with Gasteiger partial charge in [-0.3, -0.25) is 4.79 Å². The first-order valence-electron chi connectivity index (χ1n) is 9.52. The Bertz CT molecular complexity index is 1030. The maximum Gasteiger partial charge on any atom is 0.267 e. The Kier molecular flexibility index (Phi) is 5.36. The number of sulfonamides is 1. The zero-order valence-corrected chi connectivity index (χ0v) is 16.3. The lowest BCUT2D eigenvalue weighted by Crippen LogP contribution is -2.33. The SMILES string of the molecule is O=c1cc2c(nn1CCNS(=O)(=O)c1ccc3c(c1)OCCCO3)CCCC2. The maximum absolute atomic E-state index is 12.6. The fraction of sp³-hybridized carbons (Fsp3) is 0.474.